The van der Waals surface area contributed by atoms with Crippen molar-refractivity contribution < 1.29 is 4.57 Å². The number of hydrogen-bond acceptors (Lipinski definition) is 0. The molecule has 1 rings (SSSR count). The first-order valence-electron chi connectivity index (χ1n) is 3.52. The lowest BCUT2D eigenvalue weighted by Crippen LogP contribution is -2.29. The van der Waals surface area contributed by atoms with Crippen LogP contribution in [0.5, 0.6) is 0 Å². The van der Waals surface area contributed by atoms with Gasteiger partial charge in [-0.25, -0.2) is 9.13 Å². The number of imidazole rings is 1. The number of nitrogens with zero attached hydrogens (tertiary/aromatic N) is 2. The summed E-state index contributed by atoms with van der Waals surface area (Å²) in [6.07, 6.45) is 8.07. The molecule has 2 heteroatoms. The van der Waals surface area contributed by atoms with Gasteiger partial charge in [-0.3, -0.25) is 0 Å². The smallest absolute Gasteiger partial charge is 0.237 e. The van der Waals surface area contributed by atoms with E-state index in [9.17, 15) is 0 Å². The monoisotopic (exact) mass is 137 g/mol. The van der Waals surface area contributed by atoms with Crippen LogP contribution >= 0.6 is 0 Å². The van der Waals surface area contributed by atoms with E-state index < -0.39 is 0 Å². The zero-order valence-corrected chi connectivity index (χ0v) is 6.33. The number of aryl methyl sites for hydroxylation is 1. The van der Waals surface area contributed by atoms with Crippen LogP contribution in [0.2, 0.25) is 0 Å². The maximum atomic E-state index is 3.66. The Morgan fingerprint density at radius 2 is 2.50 bits per heavy atom. The average molecular weight is 137 g/mol. The Labute approximate surface area is 61.4 Å². The van der Waals surface area contributed by atoms with Crippen molar-refractivity contribution in [3.05, 3.63) is 31.4 Å². The van der Waals surface area contributed by atoms with Crippen molar-refractivity contribution in [2.45, 2.75) is 20.0 Å². The lowest BCUT2D eigenvalue weighted by molar-refractivity contribution is -0.686. The van der Waals surface area contributed by atoms with Crippen molar-refractivity contribution in [3.8, 4) is 0 Å². The molecule has 0 unspecified atom stereocenters. The molecule has 0 radical (unpaired) electrons. The molecular formula is C8H13N2+. The zero-order valence-electron chi connectivity index (χ0n) is 6.33. The minimum atomic E-state index is 0.896. The molecule has 0 aliphatic rings. The van der Waals surface area contributed by atoms with E-state index >= 15 is 0 Å². The van der Waals surface area contributed by atoms with Gasteiger partial charge in [0, 0.05) is 0 Å². The Hall–Kier alpha value is -1.05. The average Bonchev–Trinajstić information content (AvgIpc) is 2.37. The van der Waals surface area contributed by atoms with Crippen LogP contribution in [0.1, 0.15) is 6.92 Å². The second-order valence-corrected chi connectivity index (χ2v) is 2.23. The van der Waals surface area contributed by atoms with Crippen molar-refractivity contribution in [1.82, 2.24) is 4.57 Å². The van der Waals surface area contributed by atoms with Crippen molar-refractivity contribution in [2.24, 2.45) is 0 Å². The lowest BCUT2D eigenvalue weighted by atomic mass is 10.6. The predicted molar refractivity (Wildman–Crippen MR) is 40.5 cm³/mol. The maximum absolute atomic E-state index is 3.66. The second-order valence-electron chi connectivity index (χ2n) is 2.23. The Morgan fingerprint density at radius 1 is 1.70 bits per heavy atom. The summed E-state index contributed by atoms with van der Waals surface area (Å²) in [6, 6.07) is 0. The maximum Gasteiger partial charge on any atom is 0.244 e. The molecule has 0 spiro atoms. The molecule has 2 nitrogen and oxygen atoms in total. The second kappa shape index (κ2) is 3.20. The Morgan fingerprint density at radius 3 is 3.00 bits per heavy atom. The van der Waals surface area contributed by atoms with Crippen LogP contribution in [0, 0.1) is 0 Å². The van der Waals surface area contributed by atoms with Gasteiger partial charge in [-0.1, -0.05) is 12.7 Å². The third-order valence-electron chi connectivity index (χ3n) is 1.45. The molecule has 0 aromatic carbocycles. The summed E-state index contributed by atoms with van der Waals surface area (Å²) in [5, 5.41) is 0. The summed E-state index contributed by atoms with van der Waals surface area (Å²) >= 11 is 0. The summed E-state index contributed by atoms with van der Waals surface area (Å²) < 4.78 is 4.22. The molecular weight excluding hydrogens is 124 g/mol. The van der Waals surface area contributed by atoms with Gasteiger partial charge in [0.15, 0.2) is 0 Å². The molecule has 10 heavy (non-hydrogen) atoms. The highest BCUT2D eigenvalue weighted by atomic mass is 15.1. The molecule has 1 heterocycles. The van der Waals surface area contributed by atoms with Crippen molar-refractivity contribution in [3.63, 3.8) is 0 Å². The van der Waals surface area contributed by atoms with E-state index in [1.165, 1.54) is 0 Å². The SMILES string of the molecule is C=CC[n+]1ccn(CC)c1. The molecule has 1 aromatic heterocycles. The van der Waals surface area contributed by atoms with E-state index in [2.05, 4.69) is 35.2 Å². The van der Waals surface area contributed by atoms with Crippen LogP contribution in [0.15, 0.2) is 31.4 Å². The lowest BCUT2D eigenvalue weighted by Gasteiger charge is -1.85. The van der Waals surface area contributed by atoms with Gasteiger partial charge in [-0.15, -0.1) is 0 Å². The van der Waals surface area contributed by atoms with Crippen molar-refractivity contribution in [2.75, 3.05) is 0 Å². The number of allylic oxidation sites excluding steroid dienone is 1. The van der Waals surface area contributed by atoms with Gasteiger partial charge < -0.3 is 0 Å². The normalized spacial score (nSPS) is 9.70. The highest BCUT2D eigenvalue weighted by Gasteiger charge is 1.96. The fraction of sp³-hybridized carbons (Fsp3) is 0.375. The largest absolute Gasteiger partial charge is 0.244 e. The van der Waals surface area contributed by atoms with Crippen molar-refractivity contribution >= 4 is 0 Å². The first-order valence-corrected chi connectivity index (χ1v) is 3.52. The Kier molecular flexibility index (Phi) is 2.26. The van der Waals surface area contributed by atoms with E-state index in [0.717, 1.165) is 13.1 Å². The predicted octanol–water partition coefficient (Wildman–Crippen LogP) is 0.981. The Balaban J connectivity index is 2.67. The first kappa shape index (κ1) is 7.06. The van der Waals surface area contributed by atoms with E-state index in [1.807, 2.05) is 12.3 Å². The molecule has 0 saturated carbocycles. The molecule has 0 atom stereocenters. The molecule has 0 aliphatic carbocycles. The summed E-state index contributed by atoms with van der Waals surface area (Å²) in [5.41, 5.74) is 0. The van der Waals surface area contributed by atoms with Gasteiger partial charge >= 0.3 is 0 Å². The van der Waals surface area contributed by atoms with Gasteiger partial charge in [0.25, 0.3) is 0 Å². The summed E-state index contributed by atoms with van der Waals surface area (Å²) in [4.78, 5) is 0. The van der Waals surface area contributed by atoms with E-state index in [4.69, 9.17) is 0 Å². The van der Waals surface area contributed by atoms with Gasteiger partial charge in [-0.2, -0.15) is 0 Å². The van der Waals surface area contributed by atoms with Crippen molar-refractivity contribution in [1.29, 1.82) is 0 Å². The molecule has 0 amide bonds. The molecule has 0 saturated heterocycles. The minimum Gasteiger partial charge on any atom is -0.237 e. The van der Waals surface area contributed by atoms with Crippen LogP contribution in [0.3, 0.4) is 0 Å². The molecule has 0 bridgehead atoms. The van der Waals surface area contributed by atoms with Gasteiger partial charge in [-0.05, 0) is 6.92 Å². The molecule has 0 fully saturated rings. The van der Waals surface area contributed by atoms with E-state index in [0.29, 0.717) is 0 Å². The summed E-state index contributed by atoms with van der Waals surface area (Å²) in [6.45, 7) is 7.71. The minimum absolute atomic E-state index is 0.896. The molecule has 0 aliphatic heterocycles. The molecule has 0 N–H and O–H groups in total. The van der Waals surface area contributed by atoms with E-state index in [1.54, 1.807) is 0 Å². The number of rotatable bonds is 3. The highest BCUT2D eigenvalue weighted by molar-refractivity contribution is 4.66. The summed E-state index contributed by atoms with van der Waals surface area (Å²) in [7, 11) is 0. The van der Waals surface area contributed by atoms with Crippen LogP contribution in [-0.4, -0.2) is 4.57 Å². The fourth-order valence-electron chi connectivity index (χ4n) is 0.883. The van der Waals surface area contributed by atoms with Gasteiger partial charge in [0.2, 0.25) is 6.33 Å². The fourth-order valence-corrected chi connectivity index (χ4v) is 0.883. The Bertz CT molecular complexity index is 213. The third kappa shape index (κ3) is 1.47. The molecule has 1 aromatic rings. The standard InChI is InChI=1S/C8H13N2/c1-3-5-10-7-6-9(4-2)8-10/h3,6-8H,1,4-5H2,2H3/q+1. The van der Waals surface area contributed by atoms with E-state index in [-0.39, 0.29) is 0 Å². The zero-order chi connectivity index (χ0) is 7.40. The van der Waals surface area contributed by atoms with Gasteiger partial charge in [0.05, 0.1) is 6.54 Å². The number of aromatic nitrogens is 2. The van der Waals surface area contributed by atoms with Crippen LogP contribution in [0.4, 0.5) is 0 Å². The quantitative estimate of drug-likeness (QED) is 0.434. The first-order chi connectivity index (χ1) is 4.86. The topological polar surface area (TPSA) is 8.81 Å². The third-order valence-corrected chi connectivity index (χ3v) is 1.45. The molecule has 54 valence electrons. The van der Waals surface area contributed by atoms with Crippen LogP contribution < -0.4 is 4.57 Å². The summed E-state index contributed by atoms with van der Waals surface area (Å²) in [5.74, 6) is 0. The van der Waals surface area contributed by atoms with Crippen LogP contribution in [-0.2, 0) is 13.1 Å². The highest BCUT2D eigenvalue weighted by Crippen LogP contribution is 1.82. The van der Waals surface area contributed by atoms with Crippen LogP contribution in [0.25, 0.3) is 0 Å². The number of hydrogen-bond donors (Lipinski definition) is 0. The van der Waals surface area contributed by atoms with Gasteiger partial charge in [0.1, 0.15) is 18.9 Å².